The van der Waals surface area contributed by atoms with Gasteiger partial charge in [0, 0.05) is 34.0 Å². The van der Waals surface area contributed by atoms with Crippen molar-refractivity contribution in [2.75, 3.05) is 0 Å². The van der Waals surface area contributed by atoms with Crippen LogP contribution in [0.15, 0.2) is 28.7 Å². The van der Waals surface area contributed by atoms with Crippen LogP contribution in [0, 0.1) is 0 Å². The Kier molecular flexibility index (Phi) is 2.11. The minimum Gasteiger partial charge on any atom is -0.393 e. The van der Waals surface area contributed by atoms with Gasteiger partial charge in [0.1, 0.15) is 0 Å². The normalized spacial score (nSPS) is 20.5. The summed E-state index contributed by atoms with van der Waals surface area (Å²) < 4.78 is 3.42. The van der Waals surface area contributed by atoms with E-state index < -0.39 is 0 Å². The van der Waals surface area contributed by atoms with Gasteiger partial charge < -0.3 is 9.67 Å². The number of hydrogen-bond donors (Lipinski definition) is 1. The standard InChI is InChI=1S/C12H12BrNO/c13-9-1-2-12-8(5-9)6-10-7-11(15)3-4-14(10)12/h1-2,5-6,11,15H,3-4,7H2. The van der Waals surface area contributed by atoms with Gasteiger partial charge in [-0.1, -0.05) is 15.9 Å². The van der Waals surface area contributed by atoms with E-state index in [1.807, 2.05) is 0 Å². The van der Waals surface area contributed by atoms with Gasteiger partial charge in [0.2, 0.25) is 0 Å². The Morgan fingerprint density at radius 1 is 1.33 bits per heavy atom. The number of aromatic nitrogens is 1. The third kappa shape index (κ3) is 1.50. The van der Waals surface area contributed by atoms with Crippen molar-refractivity contribution < 1.29 is 5.11 Å². The first-order valence-electron chi connectivity index (χ1n) is 5.20. The third-order valence-electron chi connectivity index (χ3n) is 3.08. The molecular weight excluding hydrogens is 254 g/mol. The SMILES string of the molecule is OC1CCn2c(cc3cc(Br)ccc32)C1. The number of aliphatic hydroxyl groups excluding tert-OH is 1. The van der Waals surface area contributed by atoms with Gasteiger partial charge in [0.15, 0.2) is 0 Å². The van der Waals surface area contributed by atoms with E-state index in [2.05, 4.69) is 44.8 Å². The van der Waals surface area contributed by atoms with Crippen LogP contribution in [0.5, 0.6) is 0 Å². The van der Waals surface area contributed by atoms with Crippen LogP contribution in [-0.4, -0.2) is 15.8 Å². The van der Waals surface area contributed by atoms with Crippen LogP contribution in [0.3, 0.4) is 0 Å². The number of nitrogens with zero attached hydrogens (tertiary/aromatic N) is 1. The zero-order chi connectivity index (χ0) is 10.4. The van der Waals surface area contributed by atoms with Crippen molar-refractivity contribution in [3.8, 4) is 0 Å². The number of hydrogen-bond acceptors (Lipinski definition) is 1. The quantitative estimate of drug-likeness (QED) is 0.779. The van der Waals surface area contributed by atoms with Crippen molar-refractivity contribution in [2.24, 2.45) is 0 Å². The molecule has 0 spiro atoms. The number of aliphatic hydroxyl groups is 1. The fourth-order valence-electron chi connectivity index (χ4n) is 2.35. The number of fused-ring (bicyclic) bond motifs is 3. The molecule has 1 unspecified atom stereocenters. The molecule has 3 rings (SSSR count). The molecule has 2 aromatic rings. The van der Waals surface area contributed by atoms with Crippen molar-refractivity contribution >= 4 is 26.8 Å². The molecule has 2 heterocycles. The van der Waals surface area contributed by atoms with Gasteiger partial charge in [-0.2, -0.15) is 0 Å². The Hall–Kier alpha value is -0.800. The summed E-state index contributed by atoms with van der Waals surface area (Å²) in [7, 11) is 0. The molecule has 0 amide bonds. The third-order valence-corrected chi connectivity index (χ3v) is 3.57. The van der Waals surface area contributed by atoms with Gasteiger partial charge in [-0.25, -0.2) is 0 Å². The zero-order valence-electron chi connectivity index (χ0n) is 8.28. The lowest BCUT2D eigenvalue weighted by Gasteiger charge is -2.20. The largest absolute Gasteiger partial charge is 0.393 e. The van der Waals surface area contributed by atoms with Gasteiger partial charge in [-0.05, 0) is 30.7 Å². The molecule has 1 aliphatic heterocycles. The molecule has 1 aliphatic rings. The second-order valence-electron chi connectivity index (χ2n) is 4.14. The maximum absolute atomic E-state index is 9.61. The molecule has 2 nitrogen and oxygen atoms in total. The van der Waals surface area contributed by atoms with Crippen LogP contribution in [0.25, 0.3) is 10.9 Å². The highest BCUT2D eigenvalue weighted by Crippen LogP contribution is 2.27. The molecule has 15 heavy (non-hydrogen) atoms. The minimum atomic E-state index is -0.162. The van der Waals surface area contributed by atoms with Gasteiger partial charge in [-0.15, -0.1) is 0 Å². The van der Waals surface area contributed by atoms with Gasteiger partial charge in [0.05, 0.1) is 6.10 Å². The molecule has 0 radical (unpaired) electrons. The van der Waals surface area contributed by atoms with E-state index in [4.69, 9.17) is 0 Å². The molecule has 0 bridgehead atoms. The topological polar surface area (TPSA) is 25.2 Å². The molecular formula is C12H12BrNO. The maximum Gasteiger partial charge on any atom is 0.0611 e. The molecule has 1 N–H and O–H groups in total. The fraction of sp³-hybridized carbons (Fsp3) is 0.333. The van der Waals surface area contributed by atoms with Crippen LogP contribution < -0.4 is 0 Å². The van der Waals surface area contributed by atoms with Crippen molar-refractivity contribution in [3.05, 3.63) is 34.4 Å². The molecule has 0 fully saturated rings. The predicted molar refractivity (Wildman–Crippen MR) is 64.0 cm³/mol. The lowest BCUT2D eigenvalue weighted by Crippen LogP contribution is -2.22. The number of benzene rings is 1. The summed E-state index contributed by atoms with van der Waals surface area (Å²) in [5.41, 5.74) is 2.53. The highest BCUT2D eigenvalue weighted by molar-refractivity contribution is 9.10. The summed E-state index contributed by atoms with van der Waals surface area (Å²) >= 11 is 3.48. The number of rotatable bonds is 0. The van der Waals surface area contributed by atoms with E-state index in [0.717, 1.165) is 23.9 Å². The van der Waals surface area contributed by atoms with Crippen molar-refractivity contribution in [3.63, 3.8) is 0 Å². The highest BCUT2D eigenvalue weighted by Gasteiger charge is 2.18. The van der Waals surface area contributed by atoms with E-state index in [1.165, 1.54) is 16.6 Å². The average molecular weight is 266 g/mol. The van der Waals surface area contributed by atoms with Crippen LogP contribution in [-0.2, 0) is 13.0 Å². The Bertz CT molecular complexity index is 518. The minimum absolute atomic E-state index is 0.162. The molecule has 0 saturated heterocycles. The number of halogens is 1. The molecule has 1 aromatic heterocycles. The lowest BCUT2D eigenvalue weighted by atomic mass is 10.1. The summed E-state index contributed by atoms with van der Waals surface area (Å²) in [4.78, 5) is 0. The van der Waals surface area contributed by atoms with Crippen LogP contribution in [0.4, 0.5) is 0 Å². The molecule has 1 atom stereocenters. The summed E-state index contributed by atoms with van der Waals surface area (Å²) in [6.07, 6.45) is 1.49. The molecule has 3 heteroatoms. The second kappa shape index (κ2) is 3.35. The first-order chi connectivity index (χ1) is 7.24. The molecule has 1 aromatic carbocycles. The smallest absolute Gasteiger partial charge is 0.0611 e. The summed E-state index contributed by atoms with van der Waals surface area (Å²) in [5, 5.41) is 10.9. The Balaban J connectivity index is 2.23. The van der Waals surface area contributed by atoms with Crippen LogP contribution in [0.2, 0.25) is 0 Å². The van der Waals surface area contributed by atoms with E-state index in [0.29, 0.717) is 0 Å². The van der Waals surface area contributed by atoms with E-state index >= 15 is 0 Å². The predicted octanol–water partition coefficient (Wildman–Crippen LogP) is 2.71. The highest BCUT2D eigenvalue weighted by atomic mass is 79.9. The summed E-state index contributed by atoms with van der Waals surface area (Å²) in [6.45, 7) is 0.932. The fourth-order valence-corrected chi connectivity index (χ4v) is 2.73. The van der Waals surface area contributed by atoms with Crippen molar-refractivity contribution in [1.82, 2.24) is 4.57 Å². The maximum atomic E-state index is 9.61. The van der Waals surface area contributed by atoms with Crippen LogP contribution >= 0.6 is 15.9 Å². The van der Waals surface area contributed by atoms with Gasteiger partial charge >= 0.3 is 0 Å². The van der Waals surface area contributed by atoms with Crippen molar-refractivity contribution in [2.45, 2.75) is 25.5 Å². The van der Waals surface area contributed by atoms with E-state index in [-0.39, 0.29) is 6.10 Å². The van der Waals surface area contributed by atoms with Gasteiger partial charge in [-0.3, -0.25) is 0 Å². The summed E-state index contributed by atoms with van der Waals surface area (Å²) in [6, 6.07) is 8.52. The molecule has 78 valence electrons. The Morgan fingerprint density at radius 3 is 3.07 bits per heavy atom. The Morgan fingerprint density at radius 2 is 2.20 bits per heavy atom. The van der Waals surface area contributed by atoms with Gasteiger partial charge in [0.25, 0.3) is 0 Å². The first-order valence-corrected chi connectivity index (χ1v) is 5.99. The van der Waals surface area contributed by atoms with E-state index in [1.54, 1.807) is 0 Å². The van der Waals surface area contributed by atoms with E-state index in [9.17, 15) is 5.11 Å². The monoisotopic (exact) mass is 265 g/mol. The van der Waals surface area contributed by atoms with Crippen LogP contribution in [0.1, 0.15) is 12.1 Å². The lowest BCUT2D eigenvalue weighted by molar-refractivity contribution is 0.144. The second-order valence-corrected chi connectivity index (χ2v) is 5.05. The zero-order valence-corrected chi connectivity index (χ0v) is 9.87. The number of aryl methyl sites for hydroxylation is 1. The Labute approximate surface area is 96.6 Å². The summed E-state index contributed by atoms with van der Waals surface area (Å²) in [5.74, 6) is 0. The molecule has 0 saturated carbocycles. The molecule has 0 aliphatic carbocycles. The van der Waals surface area contributed by atoms with Crippen molar-refractivity contribution in [1.29, 1.82) is 0 Å². The first kappa shape index (κ1) is 9.43. The average Bonchev–Trinajstić information content (AvgIpc) is 2.53.